The minimum Gasteiger partial charge on any atom is -1.00 e. The van der Waals surface area contributed by atoms with E-state index in [4.69, 9.17) is 56.2 Å². The van der Waals surface area contributed by atoms with Gasteiger partial charge < -0.3 is 59.1 Å². The van der Waals surface area contributed by atoms with Crippen LogP contribution < -0.4 is 46.3 Å². The van der Waals surface area contributed by atoms with Crippen molar-refractivity contribution in [2.24, 2.45) is 11.5 Å². The van der Waals surface area contributed by atoms with E-state index in [1.807, 2.05) is 0 Å². The minimum atomic E-state index is -2.74. The molecule has 0 aliphatic carbocycles. The molecule has 13 N–H and O–H groups in total. The molecule has 0 heterocycles. The monoisotopic (exact) mass is 499 g/mol. The molecule has 18 heteroatoms. The SMILES string of the molecule is CC(O)CNCCN.NCC(=O)O.O=C(O)C(=O)O.O=C(O)CC(O)(CC(=O)O)C(=O)O.[H-].[Na+]. The Hall–Kier alpha value is -2.38. The topological polar surface area (TPSA) is 328 Å². The number of aliphatic hydroxyl groups excluding tert-OH is 1. The zero-order valence-electron chi connectivity index (χ0n) is 19.0. The number of rotatable bonds is 10. The Kier molecular flexibility index (Phi) is 30.1. The van der Waals surface area contributed by atoms with Crippen molar-refractivity contribution in [3.8, 4) is 0 Å². The zero-order valence-corrected chi connectivity index (χ0v) is 20.0. The van der Waals surface area contributed by atoms with Crippen LogP contribution in [-0.4, -0.2) is 115 Å². The van der Waals surface area contributed by atoms with Crippen LogP contribution in [0.25, 0.3) is 0 Å². The first-order chi connectivity index (χ1) is 14.5. The van der Waals surface area contributed by atoms with Gasteiger partial charge in [0.25, 0.3) is 0 Å². The molecule has 33 heavy (non-hydrogen) atoms. The summed E-state index contributed by atoms with van der Waals surface area (Å²) in [6.07, 6.45) is -2.55. The van der Waals surface area contributed by atoms with Gasteiger partial charge in [-0.2, -0.15) is 0 Å². The van der Waals surface area contributed by atoms with Crippen molar-refractivity contribution in [1.29, 1.82) is 0 Å². The molecule has 0 amide bonds. The third-order valence-corrected chi connectivity index (χ3v) is 2.40. The van der Waals surface area contributed by atoms with Gasteiger partial charge in [-0.15, -0.1) is 0 Å². The van der Waals surface area contributed by atoms with Crippen molar-refractivity contribution in [3.05, 3.63) is 0 Å². The molecule has 0 radical (unpaired) electrons. The van der Waals surface area contributed by atoms with Crippen LogP contribution in [0.3, 0.4) is 0 Å². The summed E-state index contributed by atoms with van der Waals surface area (Å²) in [4.78, 5) is 57.9. The average Bonchev–Trinajstić information content (AvgIpc) is 2.61. The third kappa shape index (κ3) is 37.3. The molecule has 0 aromatic heterocycles. The molecule has 17 nitrogen and oxygen atoms in total. The molecule has 190 valence electrons. The minimum absolute atomic E-state index is 0. The Labute approximate surface area is 210 Å². The Balaban J connectivity index is -0.0000000810. The average molecular weight is 499 g/mol. The maximum atomic E-state index is 10.3. The molecule has 1 unspecified atom stereocenters. The van der Waals surface area contributed by atoms with Gasteiger partial charge in [-0.25, -0.2) is 14.4 Å². The van der Waals surface area contributed by atoms with Crippen LogP contribution >= 0.6 is 0 Å². The number of aliphatic carboxylic acids is 6. The number of nitrogens with one attached hydrogen (secondary N) is 1. The molecule has 0 saturated heterocycles. The molecule has 0 aliphatic heterocycles. The third-order valence-electron chi connectivity index (χ3n) is 2.40. The maximum absolute atomic E-state index is 10.3. The number of carboxylic acid groups (broad SMARTS) is 6. The van der Waals surface area contributed by atoms with E-state index in [1.165, 1.54) is 0 Å². The zero-order chi connectivity index (χ0) is 26.5. The maximum Gasteiger partial charge on any atom is 1.00 e. The quantitative estimate of drug-likeness (QED) is 0.0755. The molecule has 0 aromatic carbocycles. The molecule has 1 atom stereocenters. The van der Waals surface area contributed by atoms with Crippen molar-refractivity contribution >= 4 is 35.8 Å². The van der Waals surface area contributed by atoms with E-state index in [1.54, 1.807) is 6.92 Å². The van der Waals surface area contributed by atoms with E-state index in [9.17, 15) is 19.2 Å². The fourth-order valence-electron chi connectivity index (χ4n) is 1.13. The largest absolute Gasteiger partial charge is 1.00 e. The Morgan fingerprint density at radius 3 is 1.33 bits per heavy atom. The van der Waals surface area contributed by atoms with Gasteiger partial charge in [-0.1, -0.05) is 0 Å². The van der Waals surface area contributed by atoms with Gasteiger partial charge in [-0.3, -0.25) is 14.4 Å². The molecular formula is C15H30N3NaO14. The van der Waals surface area contributed by atoms with Gasteiger partial charge in [0.1, 0.15) is 0 Å². The normalized spacial score (nSPS) is 10.1. The van der Waals surface area contributed by atoms with Gasteiger partial charge in [-0.05, 0) is 6.92 Å². The van der Waals surface area contributed by atoms with Crippen molar-refractivity contribution in [2.45, 2.75) is 31.5 Å². The predicted octanol–water partition coefficient (Wildman–Crippen LogP) is -7.03. The summed E-state index contributed by atoms with van der Waals surface area (Å²) in [7, 11) is 0. The summed E-state index contributed by atoms with van der Waals surface area (Å²) in [5.74, 6) is -9.63. The van der Waals surface area contributed by atoms with E-state index < -0.39 is 54.3 Å². The van der Waals surface area contributed by atoms with Gasteiger partial charge in [0.05, 0.1) is 25.5 Å². The van der Waals surface area contributed by atoms with Crippen molar-refractivity contribution in [2.75, 3.05) is 26.2 Å². The van der Waals surface area contributed by atoms with E-state index in [0.29, 0.717) is 13.1 Å². The first-order valence-corrected chi connectivity index (χ1v) is 8.33. The number of carboxylic acids is 6. The molecule has 0 aliphatic rings. The van der Waals surface area contributed by atoms with E-state index in [-0.39, 0.29) is 43.6 Å². The number of hydrogen-bond acceptors (Lipinski definition) is 11. The van der Waals surface area contributed by atoms with Gasteiger partial charge in [0, 0.05) is 19.6 Å². The number of carbonyl (C=O) groups is 6. The molecule has 0 bridgehead atoms. The van der Waals surface area contributed by atoms with E-state index >= 15 is 0 Å². The summed E-state index contributed by atoms with van der Waals surface area (Å²) < 4.78 is 0. The van der Waals surface area contributed by atoms with Crippen LogP contribution in [-0.2, 0) is 28.8 Å². The summed E-state index contributed by atoms with van der Waals surface area (Å²) in [5, 5.41) is 67.8. The molecular weight excluding hydrogens is 469 g/mol. The number of nitrogens with two attached hydrogens (primary N) is 2. The van der Waals surface area contributed by atoms with Gasteiger partial charge in [0.15, 0.2) is 5.60 Å². The number of aliphatic hydroxyl groups is 2. The van der Waals surface area contributed by atoms with Gasteiger partial charge >= 0.3 is 65.4 Å². The standard InChI is InChI=1S/C6H8O7.C5H14N2O.C2H5NO2.C2H2O4.Na.H/c7-3(8)1-6(13,5(11)12)2-4(9)10;1-5(8)4-7-3-2-6;3-1-2(4)5;3-1(4)2(5)6;;/h13H,1-2H2,(H,7,8)(H,9,10)(H,11,12);5,7-8H,2-4,6H2,1H3;1,3H2,(H,4,5);(H,3,4)(H,5,6);;/q;;;;+1;-1. The summed E-state index contributed by atoms with van der Waals surface area (Å²) in [5.41, 5.74) is 7.00. The summed E-state index contributed by atoms with van der Waals surface area (Å²) in [6.45, 7) is 3.51. The molecule has 0 fully saturated rings. The molecule has 0 rings (SSSR count). The van der Waals surface area contributed by atoms with Crippen LogP contribution in [0.15, 0.2) is 0 Å². The predicted molar refractivity (Wildman–Crippen MR) is 104 cm³/mol. The van der Waals surface area contributed by atoms with Crippen LogP contribution in [0.1, 0.15) is 21.2 Å². The first-order valence-electron chi connectivity index (χ1n) is 8.33. The van der Waals surface area contributed by atoms with Crippen molar-refractivity contribution in [3.63, 3.8) is 0 Å². The van der Waals surface area contributed by atoms with Crippen molar-refractivity contribution in [1.82, 2.24) is 5.32 Å². The smallest absolute Gasteiger partial charge is 1.00 e. The Bertz CT molecular complexity index is 593. The van der Waals surface area contributed by atoms with Gasteiger partial charge in [0.2, 0.25) is 0 Å². The Morgan fingerprint density at radius 1 is 0.848 bits per heavy atom. The summed E-state index contributed by atoms with van der Waals surface area (Å²) >= 11 is 0. The van der Waals surface area contributed by atoms with E-state index in [2.05, 4.69) is 11.1 Å². The van der Waals surface area contributed by atoms with Crippen molar-refractivity contribution < 1.29 is 101 Å². The second-order valence-electron chi connectivity index (χ2n) is 5.53. The number of hydrogen-bond donors (Lipinski definition) is 11. The van der Waals surface area contributed by atoms with E-state index in [0.717, 1.165) is 6.54 Å². The van der Waals surface area contributed by atoms with Crippen LogP contribution in [0.5, 0.6) is 0 Å². The fourth-order valence-corrected chi connectivity index (χ4v) is 1.13. The molecule has 0 aromatic rings. The second-order valence-corrected chi connectivity index (χ2v) is 5.53. The molecule has 0 saturated carbocycles. The first kappa shape index (κ1) is 40.9. The van der Waals surface area contributed by atoms with Crippen LogP contribution in [0, 0.1) is 0 Å². The molecule has 0 spiro atoms. The van der Waals surface area contributed by atoms with Crippen LogP contribution in [0.2, 0.25) is 0 Å². The fraction of sp³-hybridized carbons (Fsp3) is 0.600. The van der Waals surface area contributed by atoms with Crippen LogP contribution in [0.4, 0.5) is 0 Å². The Morgan fingerprint density at radius 2 is 1.18 bits per heavy atom. The summed E-state index contributed by atoms with van der Waals surface area (Å²) in [6, 6.07) is 0. The second kappa shape index (κ2) is 24.3.